The Kier molecular flexibility index (Phi) is 6.02. The minimum Gasteiger partial charge on any atom is -0.390 e. The van der Waals surface area contributed by atoms with E-state index in [0.717, 1.165) is 12.1 Å². The second-order valence-corrected chi connectivity index (χ2v) is 8.31. The Morgan fingerprint density at radius 2 is 1.90 bits per heavy atom. The van der Waals surface area contributed by atoms with Crippen LogP contribution in [0.3, 0.4) is 0 Å². The van der Waals surface area contributed by atoms with Crippen molar-refractivity contribution in [3.05, 3.63) is 63.7 Å². The number of aromatic amines is 1. The summed E-state index contributed by atoms with van der Waals surface area (Å²) in [6.45, 7) is 3.29. The Morgan fingerprint density at radius 3 is 2.43 bits per heavy atom. The van der Waals surface area contributed by atoms with Crippen LogP contribution in [0.25, 0.3) is 11.3 Å². The van der Waals surface area contributed by atoms with E-state index in [4.69, 9.17) is 5.73 Å². The van der Waals surface area contributed by atoms with Crippen molar-refractivity contribution in [2.45, 2.75) is 38.2 Å². The fraction of sp³-hybridized carbons (Fsp3) is 0.300. The first-order valence-corrected chi connectivity index (χ1v) is 9.88. The van der Waals surface area contributed by atoms with E-state index in [0.29, 0.717) is 22.0 Å². The number of aliphatic hydroxyl groups excluding tert-OH is 1. The summed E-state index contributed by atoms with van der Waals surface area (Å²) in [4.78, 5) is 20.0. The van der Waals surface area contributed by atoms with Crippen molar-refractivity contribution in [1.29, 1.82) is 0 Å². The Bertz CT molecular complexity index is 1020. The van der Waals surface area contributed by atoms with Crippen LogP contribution in [0.5, 0.6) is 0 Å². The Hall–Kier alpha value is -2.69. The number of carbonyl (C=O) groups is 1. The number of hydrogen-bond acceptors (Lipinski definition) is 5. The van der Waals surface area contributed by atoms with E-state index >= 15 is 0 Å². The molecule has 0 aliphatic heterocycles. The van der Waals surface area contributed by atoms with E-state index < -0.39 is 29.2 Å². The molecule has 0 saturated carbocycles. The van der Waals surface area contributed by atoms with Crippen LogP contribution in [0, 0.1) is 0 Å². The average Bonchev–Trinajstić information content (AvgIpc) is 3.34. The van der Waals surface area contributed by atoms with Gasteiger partial charge in [-0.2, -0.15) is 13.2 Å². The molecule has 160 valence electrons. The van der Waals surface area contributed by atoms with Crippen molar-refractivity contribution < 1.29 is 23.1 Å². The fourth-order valence-electron chi connectivity index (χ4n) is 2.84. The Labute approximate surface area is 175 Å². The number of hydrogen-bond donors (Lipinski definition) is 4. The van der Waals surface area contributed by atoms with E-state index in [1.165, 1.54) is 23.5 Å². The van der Waals surface area contributed by atoms with Gasteiger partial charge in [-0.1, -0.05) is 12.1 Å². The molecular weight excluding hydrogens is 417 g/mol. The molecule has 0 fully saturated rings. The summed E-state index contributed by atoms with van der Waals surface area (Å²) in [7, 11) is 0. The zero-order valence-electron chi connectivity index (χ0n) is 16.2. The van der Waals surface area contributed by atoms with Gasteiger partial charge in [0.25, 0.3) is 5.91 Å². The van der Waals surface area contributed by atoms with Gasteiger partial charge in [0.1, 0.15) is 10.7 Å². The number of alkyl halides is 3. The van der Waals surface area contributed by atoms with Crippen molar-refractivity contribution in [2.24, 2.45) is 5.73 Å². The first kappa shape index (κ1) is 22.0. The van der Waals surface area contributed by atoms with Crippen LogP contribution in [0.2, 0.25) is 0 Å². The molecule has 1 unspecified atom stereocenters. The number of aliphatic hydroxyl groups is 1. The first-order valence-electron chi connectivity index (χ1n) is 9.00. The van der Waals surface area contributed by atoms with Crippen LogP contribution in [0.15, 0.2) is 41.8 Å². The highest BCUT2D eigenvalue weighted by Crippen LogP contribution is 2.31. The summed E-state index contributed by atoms with van der Waals surface area (Å²) >= 11 is 1.28. The van der Waals surface area contributed by atoms with Crippen LogP contribution >= 0.6 is 11.3 Å². The molecule has 0 saturated heterocycles. The molecule has 0 bridgehead atoms. The zero-order valence-corrected chi connectivity index (χ0v) is 17.1. The van der Waals surface area contributed by atoms with Crippen LogP contribution in [-0.4, -0.2) is 26.5 Å². The van der Waals surface area contributed by atoms with E-state index in [-0.39, 0.29) is 12.3 Å². The highest BCUT2D eigenvalue weighted by atomic mass is 32.1. The van der Waals surface area contributed by atoms with Gasteiger partial charge in [-0.15, -0.1) is 11.3 Å². The third kappa shape index (κ3) is 4.89. The molecule has 3 aromatic rings. The van der Waals surface area contributed by atoms with Gasteiger partial charge in [-0.3, -0.25) is 4.79 Å². The molecule has 2 aromatic heterocycles. The van der Waals surface area contributed by atoms with Gasteiger partial charge in [-0.05, 0) is 43.7 Å². The number of benzene rings is 1. The molecule has 10 heteroatoms. The molecule has 2 heterocycles. The number of nitrogens with two attached hydrogens (primary N) is 1. The smallest absolute Gasteiger partial charge is 0.390 e. The number of thiazole rings is 1. The van der Waals surface area contributed by atoms with Crippen molar-refractivity contribution in [3.63, 3.8) is 0 Å². The molecule has 1 atom stereocenters. The quantitative estimate of drug-likeness (QED) is 0.469. The third-order valence-corrected chi connectivity index (χ3v) is 5.41. The maximum atomic E-state index is 12.8. The number of carbonyl (C=O) groups excluding carboxylic acids is 1. The monoisotopic (exact) mass is 438 g/mol. The third-order valence-electron chi connectivity index (χ3n) is 4.45. The summed E-state index contributed by atoms with van der Waals surface area (Å²) in [6.07, 6.45) is -4.41. The van der Waals surface area contributed by atoms with Crippen molar-refractivity contribution >= 4 is 17.2 Å². The molecule has 1 amide bonds. The molecule has 5 N–H and O–H groups in total. The molecular formula is C20H21F3N4O2S. The van der Waals surface area contributed by atoms with E-state index in [1.54, 1.807) is 31.4 Å². The summed E-state index contributed by atoms with van der Waals surface area (Å²) in [5, 5.41) is 14.3. The van der Waals surface area contributed by atoms with E-state index in [9.17, 15) is 23.1 Å². The van der Waals surface area contributed by atoms with Crippen molar-refractivity contribution in [2.75, 3.05) is 0 Å². The molecule has 6 nitrogen and oxygen atoms in total. The predicted molar refractivity (Wildman–Crippen MR) is 108 cm³/mol. The normalized spacial score (nSPS) is 13.3. The second kappa shape index (κ2) is 8.21. The topological polar surface area (TPSA) is 104 Å². The lowest BCUT2D eigenvalue weighted by atomic mass is 9.96. The lowest BCUT2D eigenvalue weighted by Crippen LogP contribution is -2.48. The van der Waals surface area contributed by atoms with Crippen LogP contribution in [0.1, 0.15) is 46.6 Å². The van der Waals surface area contributed by atoms with Crippen molar-refractivity contribution in [1.82, 2.24) is 15.3 Å². The molecule has 0 spiro atoms. The zero-order chi connectivity index (χ0) is 22.1. The van der Waals surface area contributed by atoms with Crippen molar-refractivity contribution in [3.8, 4) is 11.3 Å². The number of nitrogens with zero attached hydrogens (tertiary/aromatic N) is 1. The summed E-state index contributed by atoms with van der Waals surface area (Å²) in [6, 6.07) is 7.22. The highest BCUT2D eigenvalue weighted by Gasteiger charge is 2.32. The van der Waals surface area contributed by atoms with Gasteiger partial charge >= 0.3 is 6.18 Å². The highest BCUT2D eigenvalue weighted by molar-refractivity contribution is 7.09. The van der Waals surface area contributed by atoms with Gasteiger partial charge in [0.05, 0.1) is 23.9 Å². The lowest BCUT2D eigenvalue weighted by Gasteiger charge is -2.29. The lowest BCUT2D eigenvalue weighted by molar-refractivity contribution is -0.137. The summed E-state index contributed by atoms with van der Waals surface area (Å²) < 4.78 is 38.2. The number of rotatable bonds is 6. The van der Waals surface area contributed by atoms with Crippen LogP contribution in [-0.2, 0) is 12.8 Å². The maximum absolute atomic E-state index is 12.8. The standard InChI is InChI=1S/C20H21F3N4O2S/c1-19(2,24)16(18-25-13(9-28)10-30-18)27-17(29)15-8-7-14(26-15)11-3-5-12(6-4-11)20(21,22)23/h3-8,10,16,26,28H,9,24H2,1-2H3,(H,27,29). The fourth-order valence-corrected chi connectivity index (χ4v) is 3.89. The van der Waals surface area contributed by atoms with Gasteiger partial charge in [-0.25, -0.2) is 4.98 Å². The number of nitrogens with one attached hydrogen (secondary N) is 2. The van der Waals surface area contributed by atoms with Gasteiger partial charge in [0.15, 0.2) is 0 Å². The SMILES string of the molecule is CC(C)(N)C(NC(=O)c1ccc(-c2ccc(C(F)(F)F)cc2)[nH]1)c1nc(CO)cs1. The number of aromatic nitrogens is 2. The van der Waals surface area contributed by atoms with Gasteiger partial charge in [0.2, 0.25) is 0 Å². The molecule has 0 aliphatic rings. The molecule has 0 radical (unpaired) electrons. The predicted octanol–water partition coefficient (Wildman–Crippen LogP) is 3.86. The molecule has 30 heavy (non-hydrogen) atoms. The summed E-state index contributed by atoms with van der Waals surface area (Å²) in [5.74, 6) is -0.433. The minimum absolute atomic E-state index is 0.213. The molecule has 1 aromatic carbocycles. The van der Waals surface area contributed by atoms with Crippen LogP contribution in [0.4, 0.5) is 13.2 Å². The van der Waals surface area contributed by atoms with Gasteiger partial charge in [0, 0.05) is 16.6 Å². The second-order valence-electron chi connectivity index (χ2n) is 7.42. The number of H-pyrrole nitrogens is 1. The van der Waals surface area contributed by atoms with E-state index in [1.807, 2.05) is 0 Å². The first-order chi connectivity index (χ1) is 14.0. The van der Waals surface area contributed by atoms with E-state index in [2.05, 4.69) is 15.3 Å². The molecule has 3 rings (SSSR count). The van der Waals surface area contributed by atoms with Gasteiger partial charge < -0.3 is 21.1 Å². The minimum atomic E-state index is -4.41. The maximum Gasteiger partial charge on any atom is 0.416 e. The average molecular weight is 438 g/mol. The largest absolute Gasteiger partial charge is 0.416 e. The number of halogens is 3. The molecule has 0 aliphatic carbocycles. The Morgan fingerprint density at radius 1 is 1.23 bits per heavy atom. The Balaban J connectivity index is 1.79. The van der Waals surface area contributed by atoms with Crippen LogP contribution < -0.4 is 11.1 Å². The number of amides is 1. The summed E-state index contributed by atoms with van der Waals surface area (Å²) in [5.41, 5.74) is 6.40.